The van der Waals surface area contributed by atoms with Crippen LogP contribution in [0.5, 0.6) is 0 Å². The van der Waals surface area contributed by atoms with Crippen LogP contribution in [0.1, 0.15) is 37.7 Å². The second kappa shape index (κ2) is 11.8. The van der Waals surface area contributed by atoms with Crippen molar-refractivity contribution in [2.24, 2.45) is 5.73 Å². The zero-order chi connectivity index (χ0) is 19.4. The zero-order valence-electron chi connectivity index (χ0n) is 17.1. The molecule has 0 aliphatic rings. The van der Waals surface area contributed by atoms with E-state index in [0.29, 0.717) is 0 Å². The van der Waals surface area contributed by atoms with E-state index in [4.69, 9.17) is 5.73 Å². The third-order valence-corrected chi connectivity index (χ3v) is 5.43. The summed E-state index contributed by atoms with van der Waals surface area (Å²) in [7, 11) is 0. The van der Waals surface area contributed by atoms with Crippen molar-refractivity contribution in [1.29, 1.82) is 0 Å². The summed E-state index contributed by atoms with van der Waals surface area (Å²) in [6.45, 7) is 5.22. The Morgan fingerprint density at radius 1 is 0.607 bits per heavy atom. The molecule has 0 unspecified atom stereocenters. The number of nitrogens with two attached hydrogens (primary N) is 1. The minimum atomic E-state index is 0.806. The lowest BCUT2D eigenvalue weighted by Gasteiger charge is -2.12. The highest BCUT2D eigenvalue weighted by molar-refractivity contribution is 6.02. The Morgan fingerprint density at radius 3 is 1.68 bits per heavy atom. The molecule has 28 heavy (non-hydrogen) atoms. The normalized spacial score (nSPS) is 11.5. The van der Waals surface area contributed by atoms with Crippen molar-refractivity contribution in [2.75, 3.05) is 32.7 Å². The Labute approximate surface area is 169 Å². The number of fused-ring (bicyclic) bond motifs is 2. The van der Waals surface area contributed by atoms with Crippen LogP contribution in [0.4, 0.5) is 0 Å². The van der Waals surface area contributed by atoms with Gasteiger partial charge in [-0.3, -0.25) is 0 Å². The molecule has 0 saturated heterocycles. The van der Waals surface area contributed by atoms with Crippen molar-refractivity contribution in [3.05, 3.63) is 60.2 Å². The largest absolute Gasteiger partial charge is 0.330 e. The molecule has 0 aliphatic carbocycles. The molecule has 3 rings (SSSR count). The summed E-state index contributed by atoms with van der Waals surface area (Å²) < 4.78 is 0. The highest BCUT2D eigenvalue weighted by Crippen LogP contribution is 2.29. The van der Waals surface area contributed by atoms with Gasteiger partial charge in [0.25, 0.3) is 0 Å². The molecule has 3 heteroatoms. The lowest BCUT2D eigenvalue weighted by atomic mass is 9.94. The van der Waals surface area contributed by atoms with Gasteiger partial charge < -0.3 is 16.4 Å². The van der Waals surface area contributed by atoms with E-state index >= 15 is 0 Å². The van der Waals surface area contributed by atoms with E-state index in [1.54, 1.807) is 0 Å². The van der Waals surface area contributed by atoms with Crippen LogP contribution in [0.3, 0.4) is 0 Å². The van der Waals surface area contributed by atoms with Crippen LogP contribution in [0.25, 0.3) is 21.5 Å². The van der Waals surface area contributed by atoms with Gasteiger partial charge in [-0.1, -0.05) is 48.5 Å². The highest BCUT2D eigenvalue weighted by atomic mass is 14.9. The van der Waals surface area contributed by atoms with Gasteiger partial charge in [-0.25, -0.2) is 0 Å². The maximum atomic E-state index is 5.50. The van der Waals surface area contributed by atoms with Crippen molar-refractivity contribution >= 4 is 21.5 Å². The maximum Gasteiger partial charge on any atom is -0.00457 e. The average Bonchev–Trinajstić information content (AvgIpc) is 2.73. The minimum Gasteiger partial charge on any atom is -0.330 e. The van der Waals surface area contributed by atoms with Crippen molar-refractivity contribution in [2.45, 2.75) is 38.5 Å². The molecule has 0 saturated carbocycles. The first kappa shape index (κ1) is 20.8. The van der Waals surface area contributed by atoms with Gasteiger partial charge in [-0.2, -0.15) is 0 Å². The minimum absolute atomic E-state index is 0.806. The Balaban J connectivity index is 1.41. The Morgan fingerprint density at radius 2 is 1.11 bits per heavy atom. The van der Waals surface area contributed by atoms with E-state index in [1.807, 2.05) is 0 Å². The summed E-state index contributed by atoms with van der Waals surface area (Å²) in [5.74, 6) is 0. The summed E-state index contributed by atoms with van der Waals surface area (Å²) in [5, 5.41) is 12.6. The summed E-state index contributed by atoms with van der Waals surface area (Å²) in [5.41, 5.74) is 7.00. The molecule has 0 radical (unpaired) electrons. The molecule has 0 amide bonds. The fraction of sp³-hybridized carbons (Fsp3) is 0.440. The summed E-state index contributed by atoms with van der Waals surface area (Å²) in [6, 6.07) is 19.9. The van der Waals surface area contributed by atoms with Crippen LogP contribution in [0.15, 0.2) is 54.6 Å². The van der Waals surface area contributed by atoms with Gasteiger partial charge in [0.1, 0.15) is 0 Å². The topological polar surface area (TPSA) is 50.1 Å². The number of hydrogen-bond acceptors (Lipinski definition) is 3. The van der Waals surface area contributed by atoms with Crippen molar-refractivity contribution < 1.29 is 0 Å². The monoisotopic (exact) mass is 377 g/mol. The molecular weight excluding hydrogens is 342 g/mol. The standard InChI is InChI=1S/C25H35N3/c26-15-5-6-16-27-17-7-8-18-28-19-9-14-25-23-12-3-1-10-21(23)20-22-11-2-4-13-24(22)25/h1-4,10-13,20,27-28H,5-9,14-19,26H2. The SMILES string of the molecule is NCCCCNCCCCNCCCc1c2ccccc2cc2ccccc12. The number of unbranched alkanes of at least 4 members (excludes halogenated alkanes) is 2. The lowest BCUT2D eigenvalue weighted by molar-refractivity contribution is 0.563. The predicted molar refractivity (Wildman–Crippen MR) is 123 cm³/mol. The van der Waals surface area contributed by atoms with Gasteiger partial charge in [0.05, 0.1) is 0 Å². The van der Waals surface area contributed by atoms with E-state index in [9.17, 15) is 0 Å². The fourth-order valence-electron chi connectivity index (χ4n) is 3.91. The first-order valence-electron chi connectivity index (χ1n) is 10.9. The predicted octanol–water partition coefficient (Wildman–Crippen LogP) is 4.62. The number of aryl methyl sites for hydroxylation is 1. The quantitative estimate of drug-likeness (QED) is 0.301. The smallest absolute Gasteiger partial charge is 0.00457 e. The van der Waals surface area contributed by atoms with E-state index < -0.39 is 0 Å². The first-order chi connectivity index (χ1) is 13.9. The van der Waals surface area contributed by atoms with Crippen LogP contribution in [0, 0.1) is 0 Å². The van der Waals surface area contributed by atoms with Crippen LogP contribution in [-0.4, -0.2) is 32.7 Å². The second-order valence-corrected chi connectivity index (χ2v) is 7.60. The van der Waals surface area contributed by atoms with Crippen LogP contribution in [0.2, 0.25) is 0 Å². The first-order valence-corrected chi connectivity index (χ1v) is 10.9. The third-order valence-electron chi connectivity index (χ3n) is 5.43. The van der Waals surface area contributed by atoms with Gasteiger partial charge in [0, 0.05) is 0 Å². The lowest BCUT2D eigenvalue weighted by Crippen LogP contribution is -2.21. The maximum absolute atomic E-state index is 5.50. The molecule has 0 aliphatic heterocycles. The molecule has 0 aromatic heterocycles. The van der Waals surface area contributed by atoms with Crippen molar-refractivity contribution in [3.8, 4) is 0 Å². The Bertz CT molecular complexity index is 789. The fourth-order valence-corrected chi connectivity index (χ4v) is 3.91. The molecule has 0 spiro atoms. The Hall–Kier alpha value is -1.94. The van der Waals surface area contributed by atoms with Gasteiger partial charge >= 0.3 is 0 Å². The molecule has 3 nitrogen and oxygen atoms in total. The molecule has 0 fully saturated rings. The summed E-state index contributed by atoms with van der Waals surface area (Å²) in [4.78, 5) is 0. The summed E-state index contributed by atoms with van der Waals surface area (Å²) >= 11 is 0. The van der Waals surface area contributed by atoms with E-state index in [1.165, 1.54) is 52.8 Å². The molecule has 150 valence electrons. The number of rotatable bonds is 13. The number of benzene rings is 3. The third kappa shape index (κ3) is 6.03. The highest BCUT2D eigenvalue weighted by Gasteiger charge is 2.06. The van der Waals surface area contributed by atoms with Gasteiger partial charge in [0.2, 0.25) is 0 Å². The van der Waals surface area contributed by atoms with Crippen molar-refractivity contribution in [3.63, 3.8) is 0 Å². The van der Waals surface area contributed by atoms with E-state index in [-0.39, 0.29) is 0 Å². The van der Waals surface area contributed by atoms with Crippen LogP contribution in [-0.2, 0) is 6.42 Å². The number of nitrogens with one attached hydrogen (secondary N) is 2. The molecule has 3 aromatic carbocycles. The van der Waals surface area contributed by atoms with E-state index in [0.717, 1.165) is 45.6 Å². The molecular formula is C25H35N3. The van der Waals surface area contributed by atoms with Gasteiger partial charge in [-0.05, 0) is 104 Å². The second-order valence-electron chi connectivity index (χ2n) is 7.60. The van der Waals surface area contributed by atoms with Crippen molar-refractivity contribution in [1.82, 2.24) is 10.6 Å². The Kier molecular flexibility index (Phi) is 8.76. The molecule has 0 atom stereocenters. The summed E-state index contributed by atoms with van der Waals surface area (Å²) in [6.07, 6.45) is 7.09. The van der Waals surface area contributed by atoms with E-state index in [2.05, 4.69) is 65.2 Å². The zero-order valence-corrected chi connectivity index (χ0v) is 17.1. The molecule has 3 aromatic rings. The molecule has 0 bridgehead atoms. The van der Waals surface area contributed by atoms with Gasteiger partial charge in [-0.15, -0.1) is 0 Å². The number of hydrogen-bond donors (Lipinski definition) is 3. The van der Waals surface area contributed by atoms with Crippen LogP contribution >= 0.6 is 0 Å². The molecule has 4 N–H and O–H groups in total. The van der Waals surface area contributed by atoms with Crippen LogP contribution < -0.4 is 16.4 Å². The van der Waals surface area contributed by atoms with Gasteiger partial charge in [0.15, 0.2) is 0 Å². The molecule has 0 heterocycles. The average molecular weight is 378 g/mol.